The van der Waals surface area contributed by atoms with E-state index in [1.807, 2.05) is 48.5 Å². The molecule has 2 heterocycles. The minimum absolute atomic E-state index is 0.0351. The first-order chi connectivity index (χ1) is 17.3. The summed E-state index contributed by atoms with van der Waals surface area (Å²) in [6, 6.07) is 28.2. The Balaban J connectivity index is 1.30. The summed E-state index contributed by atoms with van der Waals surface area (Å²) in [6.45, 7) is 0. The fourth-order valence-electron chi connectivity index (χ4n) is 5.04. The molecule has 3 aromatic carbocycles. The van der Waals surface area contributed by atoms with Crippen LogP contribution in [0, 0.1) is 5.92 Å². The molecule has 0 N–H and O–H groups in total. The Morgan fingerprint density at radius 2 is 1.74 bits per heavy atom. The Bertz CT molecular complexity index is 1380. The standard InChI is InChI=1S/C29H25N3O2S/c33-26(19-35-29-30-24-16-7-8-17-25(24)34-29)32-28(21-12-5-2-6-13-21)23-15-9-14-22(27(23)31-32)18-20-10-3-1-4-11-20/h1-8,10-13,16-18,23,28H,9,14-15,19H2/b22-18+. The van der Waals surface area contributed by atoms with Gasteiger partial charge in [0.25, 0.3) is 11.1 Å². The summed E-state index contributed by atoms with van der Waals surface area (Å²) in [7, 11) is 0. The molecule has 0 spiro atoms. The van der Waals surface area contributed by atoms with Gasteiger partial charge in [-0.15, -0.1) is 0 Å². The molecule has 0 bridgehead atoms. The van der Waals surface area contributed by atoms with Crippen LogP contribution >= 0.6 is 11.8 Å². The molecule has 0 saturated heterocycles. The summed E-state index contributed by atoms with van der Waals surface area (Å²) >= 11 is 1.32. The Morgan fingerprint density at radius 1 is 1.00 bits per heavy atom. The zero-order chi connectivity index (χ0) is 23.6. The molecule has 0 radical (unpaired) electrons. The number of oxazole rings is 1. The molecule has 2 aliphatic rings. The van der Waals surface area contributed by atoms with Gasteiger partial charge in [0, 0.05) is 5.92 Å². The zero-order valence-electron chi connectivity index (χ0n) is 19.2. The quantitative estimate of drug-likeness (QED) is 0.297. The topological polar surface area (TPSA) is 58.7 Å². The Morgan fingerprint density at radius 3 is 2.54 bits per heavy atom. The van der Waals surface area contributed by atoms with Gasteiger partial charge in [-0.2, -0.15) is 5.10 Å². The lowest BCUT2D eigenvalue weighted by Crippen LogP contribution is -2.32. The number of rotatable bonds is 5. The van der Waals surface area contributed by atoms with Gasteiger partial charge in [-0.05, 0) is 54.2 Å². The highest BCUT2D eigenvalue weighted by atomic mass is 32.2. The first kappa shape index (κ1) is 21.9. The first-order valence-electron chi connectivity index (χ1n) is 12.0. The van der Waals surface area contributed by atoms with Crippen LogP contribution in [0.5, 0.6) is 0 Å². The number of hydrogen-bond donors (Lipinski definition) is 0. The molecule has 1 amide bonds. The SMILES string of the molecule is O=C(CSc1nc2ccccc2o1)N1N=C2/C(=C/c3ccccc3)CCCC2C1c1ccccc1. The van der Waals surface area contributed by atoms with E-state index in [2.05, 4.69) is 47.5 Å². The molecule has 6 heteroatoms. The van der Waals surface area contributed by atoms with E-state index in [-0.39, 0.29) is 23.6 Å². The summed E-state index contributed by atoms with van der Waals surface area (Å²) in [5, 5.41) is 7.19. The lowest BCUT2D eigenvalue weighted by Gasteiger charge is -2.29. The number of thioether (sulfide) groups is 1. The lowest BCUT2D eigenvalue weighted by atomic mass is 9.77. The van der Waals surface area contributed by atoms with E-state index in [4.69, 9.17) is 9.52 Å². The summed E-state index contributed by atoms with van der Waals surface area (Å²) in [5.74, 6) is 0.378. The minimum atomic E-state index is -0.0950. The van der Waals surface area contributed by atoms with Crippen molar-refractivity contribution in [2.75, 3.05) is 5.75 Å². The predicted octanol–water partition coefficient (Wildman–Crippen LogP) is 6.74. The Hall–Kier alpha value is -3.64. The van der Waals surface area contributed by atoms with Crippen LogP contribution < -0.4 is 0 Å². The van der Waals surface area contributed by atoms with Crippen LogP contribution in [0.1, 0.15) is 36.4 Å². The van der Waals surface area contributed by atoms with Crippen molar-refractivity contribution in [1.82, 2.24) is 9.99 Å². The molecule has 1 saturated carbocycles. The maximum atomic E-state index is 13.5. The average molecular weight is 480 g/mol. The third-order valence-corrected chi connectivity index (χ3v) is 7.44. The molecule has 6 rings (SSSR count). The van der Waals surface area contributed by atoms with Crippen LogP contribution in [0.4, 0.5) is 0 Å². The molecule has 174 valence electrons. The summed E-state index contributed by atoms with van der Waals surface area (Å²) in [6.07, 6.45) is 5.32. The van der Waals surface area contributed by atoms with Gasteiger partial charge < -0.3 is 4.42 Å². The van der Waals surface area contributed by atoms with Crippen molar-refractivity contribution in [3.63, 3.8) is 0 Å². The van der Waals surface area contributed by atoms with Crippen LogP contribution in [0.15, 0.2) is 105 Å². The third-order valence-electron chi connectivity index (χ3n) is 6.63. The van der Waals surface area contributed by atoms with Gasteiger partial charge >= 0.3 is 0 Å². The Kier molecular flexibility index (Phi) is 5.96. The van der Waals surface area contributed by atoms with Crippen molar-refractivity contribution in [2.24, 2.45) is 11.0 Å². The molecule has 5 nitrogen and oxygen atoms in total. The van der Waals surface area contributed by atoms with E-state index in [1.165, 1.54) is 22.9 Å². The minimum Gasteiger partial charge on any atom is -0.431 e. The van der Waals surface area contributed by atoms with Gasteiger partial charge in [-0.1, -0.05) is 84.6 Å². The monoisotopic (exact) mass is 479 g/mol. The van der Waals surface area contributed by atoms with Crippen LogP contribution in [0.25, 0.3) is 17.2 Å². The summed E-state index contributed by atoms with van der Waals surface area (Å²) in [5.41, 5.74) is 6.10. The van der Waals surface area contributed by atoms with E-state index in [9.17, 15) is 4.79 Å². The van der Waals surface area contributed by atoms with Gasteiger partial charge in [0.1, 0.15) is 5.52 Å². The molecular formula is C29H25N3O2S. The second-order valence-electron chi connectivity index (χ2n) is 8.89. The highest BCUT2D eigenvalue weighted by Crippen LogP contribution is 2.44. The molecule has 35 heavy (non-hydrogen) atoms. The van der Waals surface area contributed by atoms with Crippen molar-refractivity contribution in [1.29, 1.82) is 0 Å². The van der Waals surface area contributed by atoms with Crippen LogP contribution in [-0.2, 0) is 4.79 Å². The molecule has 1 aromatic heterocycles. The van der Waals surface area contributed by atoms with E-state index in [0.717, 1.165) is 41.6 Å². The van der Waals surface area contributed by atoms with Crippen molar-refractivity contribution < 1.29 is 9.21 Å². The molecular weight excluding hydrogens is 454 g/mol. The average Bonchev–Trinajstić information content (AvgIpc) is 3.50. The number of aromatic nitrogens is 1. The third kappa shape index (κ3) is 4.42. The molecule has 4 aromatic rings. The van der Waals surface area contributed by atoms with Crippen molar-refractivity contribution in [3.8, 4) is 0 Å². The number of benzene rings is 3. The zero-order valence-corrected chi connectivity index (χ0v) is 20.0. The van der Waals surface area contributed by atoms with E-state index in [1.54, 1.807) is 5.01 Å². The fourth-order valence-corrected chi connectivity index (χ4v) is 5.73. The number of nitrogens with zero attached hydrogens (tertiary/aromatic N) is 3. The number of fused-ring (bicyclic) bond motifs is 2. The van der Waals surface area contributed by atoms with Crippen LogP contribution in [0.2, 0.25) is 0 Å². The van der Waals surface area contributed by atoms with Crippen LogP contribution in [-0.4, -0.2) is 27.4 Å². The maximum Gasteiger partial charge on any atom is 0.257 e. The number of carbonyl (C=O) groups excluding carboxylic acids is 1. The van der Waals surface area contributed by atoms with Gasteiger partial charge in [-0.3, -0.25) is 4.79 Å². The number of para-hydroxylation sites is 2. The summed E-state index contributed by atoms with van der Waals surface area (Å²) in [4.78, 5) is 18.0. The first-order valence-corrected chi connectivity index (χ1v) is 12.9. The second kappa shape index (κ2) is 9.55. The molecule has 1 aliphatic heterocycles. The van der Waals surface area contributed by atoms with Gasteiger partial charge in [0.15, 0.2) is 5.58 Å². The molecule has 2 atom stereocenters. The van der Waals surface area contributed by atoms with Crippen molar-refractivity contribution in [3.05, 3.63) is 102 Å². The van der Waals surface area contributed by atoms with Crippen molar-refractivity contribution >= 4 is 40.6 Å². The fraction of sp³-hybridized carbons (Fsp3) is 0.207. The number of hydrogen-bond acceptors (Lipinski definition) is 5. The second-order valence-corrected chi connectivity index (χ2v) is 9.82. The number of carbonyl (C=O) groups is 1. The number of amides is 1. The Labute approximate surface area is 208 Å². The van der Waals surface area contributed by atoms with Gasteiger partial charge in [-0.25, -0.2) is 9.99 Å². The molecule has 1 aliphatic carbocycles. The maximum absolute atomic E-state index is 13.5. The van der Waals surface area contributed by atoms with Crippen molar-refractivity contribution in [2.45, 2.75) is 30.5 Å². The van der Waals surface area contributed by atoms with E-state index in [0.29, 0.717) is 5.22 Å². The lowest BCUT2D eigenvalue weighted by molar-refractivity contribution is -0.130. The highest BCUT2D eigenvalue weighted by molar-refractivity contribution is 7.99. The molecule has 2 unspecified atom stereocenters. The van der Waals surface area contributed by atoms with Gasteiger partial charge in [0.05, 0.1) is 17.5 Å². The smallest absolute Gasteiger partial charge is 0.257 e. The summed E-state index contributed by atoms with van der Waals surface area (Å²) < 4.78 is 5.81. The predicted molar refractivity (Wildman–Crippen MR) is 140 cm³/mol. The molecule has 1 fully saturated rings. The highest BCUT2D eigenvalue weighted by Gasteiger charge is 2.43. The van der Waals surface area contributed by atoms with Crippen LogP contribution in [0.3, 0.4) is 0 Å². The van der Waals surface area contributed by atoms with Gasteiger partial charge in [0.2, 0.25) is 0 Å². The number of hydrazone groups is 1. The largest absolute Gasteiger partial charge is 0.431 e. The van der Waals surface area contributed by atoms with E-state index < -0.39 is 0 Å². The van der Waals surface area contributed by atoms with E-state index >= 15 is 0 Å². The number of allylic oxidation sites excluding steroid dienone is 1. The normalized spacial score (nSPS) is 20.7.